The number of nitrogens with one attached hydrogen (secondary N) is 1. The lowest BCUT2D eigenvalue weighted by Gasteiger charge is -2.22. The van der Waals surface area contributed by atoms with Crippen LogP contribution in [-0.2, 0) is 16.0 Å². The van der Waals surface area contributed by atoms with Gasteiger partial charge in [0.2, 0.25) is 5.91 Å². The number of carbonyl (C=O) groups is 2. The quantitative estimate of drug-likeness (QED) is 0.707. The fourth-order valence-corrected chi connectivity index (χ4v) is 3.66. The molecule has 1 heterocycles. The van der Waals surface area contributed by atoms with Gasteiger partial charge in [-0.2, -0.15) is 0 Å². The van der Waals surface area contributed by atoms with Gasteiger partial charge in [-0.15, -0.1) is 0 Å². The molecule has 0 bridgehead atoms. The van der Waals surface area contributed by atoms with Crippen LogP contribution in [0.1, 0.15) is 49.8 Å². The van der Waals surface area contributed by atoms with E-state index in [0.29, 0.717) is 32.4 Å². The average Bonchev–Trinajstić information content (AvgIpc) is 2.75. The predicted octanol–water partition coefficient (Wildman–Crippen LogP) is 4.15. The van der Waals surface area contributed by atoms with E-state index in [0.717, 1.165) is 23.3 Å². The predicted molar refractivity (Wildman–Crippen MR) is 118 cm³/mol. The maximum absolute atomic E-state index is 12.5. The second-order valence-corrected chi connectivity index (χ2v) is 7.92. The van der Waals surface area contributed by atoms with E-state index in [1.165, 1.54) is 5.56 Å². The van der Waals surface area contributed by atoms with Gasteiger partial charge in [0.05, 0.1) is 6.61 Å². The maximum Gasteiger partial charge on any atom is 0.220 e. The third-order valence-corrected chi connectivity index (χ3v) is 5.33. The van der Waals surface area contributed by atoms with Crippen LogP contribution in [0, 0.1) is 23.7 Å². The zero-order valence-electron chi connectivity index (χ0n) is 17.7. The summed E-state index contributed by atoms with van der Waals surface area (Å²) < 4.78 is 5.45. The highest BCUT2D eigenvalue weighted by atomic mass is 16.5. The SMILES string of the molecule is CCOc1ccc(C#Cc2ccc(CC(C)CC(=O)C3CCC(=O)NC3)cc2)cc1. The summed E-state index contributed by atoms with van der Waals surface area (Å²) in [5.74, 6) is 7.79. The summed E-state index contributed by atoms with van der Waals surface area (Å²) in [5, 5.41) is 2.80. The van der Waals surface area contributed by atoms with E-state index < -0.39 is 0 Å². The summed E-state index contributed by atoms with van der Waals surface area (Å²) in [5.41, 5.74) is 3.13. The van der Waals surface area contributed by atoms with Crippen LogP contribution < -0.4 is 10.1 Å². The van der Waals surface area contributed by atoms with Gasteiger partial charge in [-0.1, -0.05) is 30.9 Å². The Morgan fingerprint density at radius 2 is 1.73 bits per heavy atom. The molecule has 1 N–H and O–H groups in total. The highest BCUT2D eigenvalue weighted by Gasteiger charge is 2.25. The van der Waals surface area contributed by atoms with Crippen LogP contribution in [0.15, 0.2) is 48.5 Å². The van der Waals surface area contributed by atoms with Crippen molar-refractivity contribution in [1.29, 1.82) is 0 Å². The Hall–Kier alpha value is -3.06. The molecule has 1 aliphatic rings. The first kappa shape index (κ1) is 21.6. The summed E-state index contributed by atoms with van der Waals surface area (Å²) in [6, 6.07) is 16.0. The molecule has 0 aromatic heterocycles. The summed E-state index contributed by atoms with van der Waals surface area (Å²) >= 11 is 0. The molecular weight excluding hydrogens is 374 g/mol. The molecule has 0 spiro atoms. The molecule has 1 fully saturated rings. The molecule has 4 heteroatoms. The van der Waals surface area contributed by atoms with Crippen molar-refractivity contribution in [2.45, 2.75) is 39.5 Å². The Bertz CT molecular complexity index is 909. The summed E-state index contributed by atoms with van der Waals surface area (Å²) in [7, 11) is 0. The molecule has 1 amide bonds. The number of rotatable bonds is 7. The highest BCUT2D eigenvalue weighted by molar-refractivity contribution is 5.85. The number of ketones is 1. The van der Waals surface area contributed by atoms with Gasteiger partial charge < -0.3 is 10.1 Å². The molecule has 2 aromatic rings. The van der Waals surface area contributed by atoms with E-state index in [-0.39, 0.29) is 23.5 Å². The van der Waals surface area contributed by atoms with Crippen molar-refractivity contribution in [3.63, 3.8) is 0 Å². The lowest BCUT2D eigenvalue weighted by Crippen LogP contribution is -2.38. The number of amides is 1. The zero-order valence-corrected chi connectivity index (χ0v) is 17.7. The Kier molecular flexibility index (Phi) is 7.68. The van der Waals surface area contributed by atoms with Gasteiger partial charge in [-0.25, -0.2) is 0 Å². The monoisotopic (exact) mass is 403 g/mol. The summed E-state index contributed by atoms with van der Waals surface area (Å²) in [6.07, 6.45) is 2.56. The fourth-order valence-electron chi connectivity index (χ4n) is 3.66. The Labute approximate surface area is 179 Å². The van der Waals surface area contributed by atoms with Crippen LogP contribution in [-0.4, -0.2) is 24.8 Å². The van der Waals surface area contributed by atoms with Crippen molar-refractivity contribution in [2.24, 2.45) is 11.8 Å². The van der Waals surface area contributed by atoms with Crippen LogP contribution in [0.3, 0.4) is 0 Å². The third kappa shape index (κ3) is 6.49. The molecule has 2 unspecified atom stereocenters. The van der Waals surface area contributed by atoms with Crippen LogP contribution >= 0.6 is 0 Å². The average molecular weight is 404 g/mol. The molecule has 0 radical (unpaired) electrons. The second kappa shape index (κ2) is 10.6. The molecule has 1 aliphatic heterocycles. The second-order valence-electron chi connectivity index (χ2n) is 7.92. The number of Topliss-reactive ketones (excluding diaryl/α,β-unsaturated/α-hetero) is 1. The normalized spacial score (nSPS) is 16.7. The molecule has 156 valence electrons. The van der Waals surface area contributed by atoms with Crippen LogP contribution in [0.25, 0.3) is 0 Å². The van der Waals surface area contributed by atoms with Gasteiger partial charge >= 0.3 is 0 Å². The Morgan fingerprint density at radius 3 is 2.30 bits per heavy atom. The minimum atomic E-state index is -0.0228. The number of hydrogen-bond acceptors (Lipinski definition) is 3. The van der Waals surface area contributed by atoms with Crippen LogP contribution in [0.5, 0.6) is 5.75 Å². The maximum atomic E-state index is 12.5. The Morgan fingerprint density at radius 1 is 1.10 bits per heavy atom. The lowest BCUT2D eigenvalue weighted by atomic mass is 9.87. The molecule has 0 saturated carbocycles. The standard InChI is InChI=1S/C26H29NO3/c1-3-30-24-13-10-21(11-14-24)5-4-20-6-8-22(9-7-20)16-19(2)17-25(28)23-12-15-26(29)27-18-23/h6-11,13-14,19,23H,3,12,15-18H2,1-2H3,(H,27,29). The minimum Gasteiger partial charge on any atom is -0.494 e. The van der Waals surface area contributed by atoms with Crippen molar-refractivity contribution in [2.75, 3.05) is 13.2 Å². The Balaban J connectivity index is 1.50. The molecule has 2 atom stereocenters. The largest absolute Gasteiger partial charge is 0.494 e. The topological polar surface area (TPSA) is 55.4 Å². The number of carbonyl (C=O) groups excluding carboxylic acids is 2. The van der Waals surface area contributed by atoms with Crippen molar-refractivity contribution >= 4 is 11.7 Å². The van der Waals surface area contributed by atoms with Gasteiger partial charge in [-0.05, 0) is 67.6 Å². The van der Waals surface area contributed by atoms with E-state index in [2.05, 4.69) is 36.2 Å². The van der Waals surface area contributed by atoms with Crippen molar-refractivity contribution in [3.8, 4) is 17.6 Å². The fraction of sp³-hybridized carbons (Fsp3) is 0.385. The summed E-state index contributed by atoms with van der Waals surface area (Å²) in [6.45, 7) is 5.22. The van der Waals surface area contributed by atoms with E-state index >= 15 is 0 Å². The molecule has 4 nitrogen and oxygen atoms in total. The lowest BCUT2D eigenvalue weighted by molar-refractivity contribution is -0.128. The number of benzene rings is 2. The smallest absolute Gasteiger partial charge is 0.220 e. The third-order valence-electron chi connectivity index (χ3n) is 5.33. The first-order valence-corrected chi connectivity index (χ1v) is 10.7. The number of piperidine rings is 1. The molecule has 0 aliphatic carbocycles. The summed E-state index contributed by atoms with van der Waals surface area (Å²) in [4.78, 5) is 23.7. The van der Waals surface area contributed by atoms with Crippen LogP contribution in [0.2, 0.25) is 0 Å². The molecule has 3 rings (SSSR count). The van der Waals surface area contributed by atoms with Crippen molar-refractivity contribution in [3.05, 3.63) is 65.2 Å². The van der Waals surface area contributed by atoms with Gasteiger partial charge in [0.25, 0.3) is 0 Å². The minimum absolute atomic E-state index is 0.0228. The van der Waals surface area contributed by atoms with Gasteiger partial charge in [-0.3, -0.25) is 9.59 Å². The van der Waals surface area contributed by atoms with Gasteiger partial charge in [0, 0.05) is 36.4 Å². The van der Waals surface area contributed by atoms with Crippen molar-refractivity contribution < 1.29 is 14.3 Å². The zero-order chi connectivity index (χ0) is 21.3. The number of hydrogen-bond donors (Lipinski definition) is 1. The van der Waals surface area contributed by atoms with Crippen molar-refractivity contribution in [1.82, 2.24) is 5.32 Å². The molecule has 30 heavy (non-hydrogen) atoms. The molecule has 1 saturated heterocycles. The number of ether oxygens (including phenoxy) is 1. The van der Waals surface area contributed by atoms with Crippen LogP contribution in [0.4, 0.5) is 0 Å². The van der Waals surface area contributed by atoms with Gasteiger partial charge in [0.1, 0.15) is 11.5 Å². The van der Waals surface area contributed by atoms with E-state index in [1.54, 1.807) is 0 Å². The van der Waals surface area contributed by atoms with E-state index in [4.69, 9.17) is 4.74 Å². The molecule has 2 aromatic carbocycles. The molecular formula is C26H29NO3. The first-order valence-electron chi connectivity index (χ1n) is 10.7. The van der Waals surface area contributed by atoms with E-state index in [1.807, 2.05) is 43.3 Å². The highest BCUT2D eigenvalue weighted by Crippen LogP contribution is 2.19. The first-order chi connectivity index (χ1) is 14.5. The van der Waals surface area contributed by atoms with Gasteiger partial charge in [0.15, 0.2) is 0 Å². The van der Waals surface area contributed by atoms with E-state index in [9.17, 15) is 9.59 Å².